The van der Waals surface area contributed by atoms with Crippen LogP contribution >= 0.6 is 0 Å². The smallest absolute Gasteiger partial charge is 0.0609 e. The Morgan fingerprint density at radius 2 is 2.00 bits per heavy atom. The number of hydrogen-bond donors (Lipinski definition) is 1. The van der Waals surface area contributed by atoms with Crippen molar-refractivity contribution in [1.29, 1.82) is 0 Å². The summed E-state index contributed by atoms with van der Waals surface area (Å²) in [6, 6.07) is 6.62. The lowest BCUT2D eigenvalue weighted by atomic mass is 10.0. The van der Waals surface area contributed by atoms with Crippen molar-refractivity contribution in [1.82, 2.24) is 0 Å². The van der Waals surface area contributed by atoms with E-state index in [1.807, 2.05) is 0 Å². The Balaban J connectivity index is 2.45. The molecular formula is C13H20N2. The lowest BCUT2D eigenvalue weighted by Crippen LogP contribution is -2.46. The average Bonchev–Trinajstić information content (AvgIpc) is 2.15. The average molecular weight is 204 g/mol. The lowest BCUT2D eigenvalue weighted by molar-refractivity contribution is 0.504. The maximum Gasteiger partial charge on any atom is 0.0609 e. The van der Waals surface area contributed by atoms with Crippen molar-refractivity contribution >= 4 is 11.4 Å². The maximum atomic E-state index is 3.45. The fourth-order valence-corrected chi connectivity index (χ4v) is 2.13. The third-order valence-corrected chi connectivity index (χ3v) is 2.90. The first kappa shape index (κ1) is 10.3. The van der Waals surface area contributed by atoms with E-state index in [0.29, 0.717) is 0 Å². The van der Waals surface area contributed by atoms with Gasteiger partial charge in [0.25, 0.3) is 0 Å². The van der Waals surface area contributed by atoms with Gasteiger partial charge in [-0.15, -0.1) is 0 Å². The van der Waals surface area contributed by atoms with Crippen molar-refractivity contribution < 1.29 is 0 Å². The van der Waals surface area contributed by atoms with Crippen LogP contribution in [0.2, 0.25) is 0 Å². The number of benzene rings is 1. The normalized spacial score (nSPS) is 15.9. The number of hydrogen-bond acceptors (Lipinski definition) is 2. The van der Waals surface area contributed by atoms with Crippen LogP contribution in [-0.2, 0) is 0 Å². The van der Waals surface area contributed by atoms with Crippen molar-refractivity contribution in [3.05, 3.63) is 23.8 Å². The van der Waals surface area contributed by atoms with Gasteiger partial charge in [0.15, 0.2) is 0 Å². The van der Waals surface area contributed by atoms with Gasteiger partial charge in [0.1, 0.15) is 0 Å². The molecule has 0 fully saturated rings. The molecule has 15 heavy (non-hydrogen) atoms. The molecule has 1 aromatic rings. The predicted molar refractivity (Wildman–Crippen MR) is 66.8 cm³/mol. The Labute approximate surface area is 92.3 Å². The summed E-state index contributed by atoms with van der Waals surface area (Å²) in [5.41, 5.74) is 4.13. The van der Waals surface area contributed by atoms with Crippen LogP contribution in [-0.4, -0.2) is 18.6 Å². The minimum absolute atomic E-state index is 0.199. The zero-order valence-corrected chi connectivity index (χ0v) is 10.1. The molecule has 2 rings (SSSR count). The highest BCUT2D eigenvalue weighted by atomic mass is 15.2. The number of rotatable bonds is 0. The standard InChI is InChI=1S/C13H20N2/c1-10-5-6-11-12(9-10)15(8-7-14-11)13(2,3)4/h5-6,9,14H,7-8H2,1-4H3. The molecule has 0 atom stereocenters. The Morgan fingerprint density at radius 1 is 1.27 bits per heavy atom. The summed E-state index contributed by atoms with van der Waals surface area (Å²) >= 11 is 0. The number of nitrogens with zero attached hydrogens (tertiary/aromatic N) is 1. The lowest BCUT2D eigenvalue weighted by Gasteiger charge is -2.42. The highest BCUT2D eigenvalue weighted by molar-refractivity contribution is 5.73. The van der Waals surface area contributed by atoms with Crippen molar-refractivity contribution in [2.45, 2.75) is 33.2 Å². The third-order valence-electron chi connectivity index (χ3n) is 2.90. The molecule has 0 aromatic heterocycles. The quantitative estimate of drug-likeness (QED) is 0.699. The first-order chi connectivity index (χ1) is 6.98. The van der Waals surface area contributed by atoms with Crippen LogP contribution in [0.1, 0.15) is 26.3 Å². The highest BCUT2D eigenvalue weighted by Gasteiger charge is 2.26. The number of fused-ring (bicyclic) bond motifs is 1. The van der Waals surface area contributed by atoms with Crippen molar-refractivity contribution in [2.75, 3.05) is 23.3 Å². The molecule has 1 aromatic carbocycles. The third kappa shape index (κ3) is 1.94. The maximum absolute atomic E-state index is 3.45. The molecule has 0 spiro atoms. The molecule has 2 nitrogen and oxygen atoms in total. The second-order valence-electron chi connectivity index (χ2n) is 5.27. The van der Waals surface area contributed by atoms with Crippen LogP contribution in [0.3, 0.4) is 0 Å². The van der Waals surface area contributed by atoms with Gasteiger partial charge in [0, 0.05) is 18.6 Å². The SMILES string of the molecule is Cc1ccc2c(c1)N(C(C)(C)C)CCN2. The zero-order chi connectivity index (χ0) is 11.1. The molecule has 1 aliphatic rings. The highest BCUT2D eigenvalue weighted by Crippen LogP contribution is 2.34. The molecule has 1 heterocycles. The fourth-order valence-electron chi connectivity index (χ4n) is 2.13. The molecule has 0 aliphatic carbocycles. The molecule has 82 valence electrons. The van der Waals surface area contributed by atoms with Crippen molar-refractivity contribution in [3.8, 4) is 0 Å². The minimum Gasteiger partial charge on any atom is -0.382 e. The number of aryl methyl sites for hydroxylation is 1. The van der Waals surface area contributed by atoms with Crippen LogP contribution in [0.25, 0.3) is 0 Å². The molecule has 0 saturated heterocycles. The van der Waals surface area contributed by atoms with Gasteiger partial charge < -0.3 is 10.2 Å². The van der Waals surface area contributed by atoms with Gasteiger partial charge in [-0.25, -0.2) is 0 Å². The van der Waals surface area contributed by atoms with Crippen LogP contribution in [0.15, 0.2) is 18.2 Å². The Kier molecular flexibility index (Phi) is 2.37. The molecule has 1 N–H and O–H groups in total. The summed E-state index contributed by atoms with van der Waals surface area (Å²) in [6.45, 7) is 11.1. The first-order valence-electron chi connectivity index (χ1n) is 5.61. The molecule has 0 amide bonds. The van der Waals surface area contributed by atoms with E-state index >= 15 is 0 Å². The van der Waals surface area contributed by atoms with Gasteiger partial charge in [-0.05, 0) is 45.4 Å². The van der Waals surface area contributed by atoms with E-state index in [4.69, 9.17) is 0 Å². The predicted octanol–water partition coefficient (Wildman–Crippen LogP) is 3.03. The van der Waals surface area contributed by atoms with E-state index < -0.39 is 0 Å². The molecule has 1 aliphatic heterocycles. The fraction of sp³-hybridized carbons (Fsp3) is 0.538. The minimum atomic E-state index is 0.199. The topological polar surface area (TPSA) is 15.3 Å². The van der Waals surface area contributed by atoms with Gasteiger partial charge in [0.05, 0.1) is 11.4 Å². The summed E-state index contributed by atoms with van der Waals surface area (Å²) in [4.78, 5) is 2.48. The monoisotopic (exact) mass is 204 g/mol. The number of anilines is 2. The van der Waals surface area contributed by atoms with Gasteiger partial charge >= 0.3 is 0 Å². The molecule has 0 unspecified atom stereocenters. The second-order valence-corrected chi connectivity index (χ2v) is 5.27. The van der Waals surface area contributed by atoms with E-state index in [1.54, 1.807) is 0 Å². The van der Waals surface area contributed by atoms with Gasteiger partial charge in [-0.1, -0.05) is 6.07 Å². The van der Waals surface area contributed by atoms with Crippen molar-refractivity contribution in [3.63, 3.8) is 0 Å². The second kappa shape index (κ2) is 3.44. The summed E-state index contributed by atoms with van der Waals surface area (Å²) in [6.07, 6.45) is 0. The largest absolute Gasteiger partial charge is 0.382 e. The van der Waals surface area contributed by atoms with Crippen molar-refractivity contribution in [2.24, 2.45) is 0 Å². The van der Waals surface area contributed by atoms with Crippen LogP contribution in [0.5, 0.6) is 0 Å². The summed E-state index contributed by atoms with van der Waals surface area (Å²) in [5.74, 6) is 0. The summed E-state index contributed by atoms with van der Waals surface area (Å²) in [7, 11) is 0. The van der Waals surface area contributed by atoms with E-state index in [0.717, 1.165) is 13.1 Å². The molecular weight excluding hydrogens is 184 g/mol. The Morgan fingerprint density at radius 3 is 2.67 bits per heavy atom. The van der Waals surface area contributed by atoms with Crippen LogP contribution < -0.4 is 10.2 Å². The molecule has 0 saturated carbocycles. The van der Waals surface area contributed by atoms with E-state index in [9.17, 15) is 0 Å². The Hall–Kier alpha value is -1.18. The van der Waals surface area contributed by atoms with Gasteiger partial charge in [0.2, 0.25) is 0 Å². The molecule has 0 bridgehead atoms. The van der Waals surface area contributed by atoms with E-state index in [1.165, 1.54) is 16.9 Å². The van der Waals surface area contributed by atoms with E-state index in [2.05, 4.69) is 56.1 Å². The number of nitrogens with one attached hydrogen (secondary N) is 1. The molecule has 2 heteroatoms. The van der Waals surface area contributed by atoms with E-state index in [-0.39, 0.29) is 5.54 Å². The van der Waals surface area contributed by atoms with Crippen LogP contribution in [0.4, 0.5) is 11.4 Å². The molecule has 0 radical (unpaired) electrons. The summed E-state index contributed by atoms with van der Waals surface area (Å²) < 4.78 is 0. The Bertz CT molecular complexity index is 363. The summed E-state index contributed by atoms with van der Waals surface area (Å²) in [5, 5.41) is 3.45. The van der Waals surface area contributed by atoms with Crippen LogP contribution in [0, 0.1) is 6.92 Å². The van der Waals surface area contributed by atoms with Gasteiger partial charge in [-0.2, -0.15) is 0 Å². The zero-order valence-electron chi connectivity index (χ0n) is 10.1. The van der Waals surface area contributed by atoms with Gasteiger partial charge in [-0.3, -0.25) is 0 Å². The first-order valence-corrected chi connectivity index (χ1v) is 5.61.